The molecule has 0 spiro atoms. The molecule has 3 N–H and O–H groups in total. The second kappa shape index (κ2) is 8.54. The van der Waals surface area contributed by atoms with Gasteiger partial charge in [0.15, 0.2) is 0 Å². The van der Waals surface area contributed by atoms with Crippen LogP contribution in [0, 0.1) is 5.92 Å². The molecule has 27 heavy (non-hydrogen) atoms. The molecule has 2 fully saturated rings. The van der Waals surface area contributed by atoms with E-state index < -0.39 is 0 Å². The summed E-state index contributed by atoms with van der Waals surface area (Å²) in [7, 11) is 0. The topological polar surface area (TPSA) is 85.5 Å². The van der Waals surface area contributed by atoms with E-state index in [1.165, 1.54) is 5.69 Å². The summed E-state index contributed by atoms with van der Waals surface area (Å²) in [5, 5.41) is 3.24. The average molecular weight is 369 g/mol. The highest BCUT2D eigenvalue weighted by Gasteiger charge is 2.22. The van der Waals surface area contributed by atoms with Crippen LogP contribution in [-0.4, -0.2) is 48.9 Å². The van der Waals surface area contributed by atoms with Gasteiger partial charge in [0.05, 0.1) is 19.8 Å². The number of hydrogen-bond acceptors (Lipinski definition) is 7. The maximum absolute atomic E-state index is 5.96. The third-order valence-corrected chi connectivity index (χ3v) is 5.18. The smallest absolute Gasteiger partial charge is 0.230 e. The van der Waals surface area contributed by atoms with E-state index in [-0.39, 0.29) is 0 Å². The number of anilines is 3. The van der Waals surface area contributed by atoms with Crippen LogP contribution in [0.3, 0.4) is 0 Å². The molecule has 7 nitrogen and oxygen atoms in total. The quantitative estimate of drug-likeness (QED) is 0.809. The first-order chi connectivity index (χ1) is 13.3. The van der Waals surface area contributed by atoms with Crippen LogP contribution in [0.15, 0.2) is 36.5 Å². The highest BCUT2D eigenvalue weighted by atomic mass is 16.5. The minimum absolute atomic E-state index is 0.321. The molecule has 4 rings (SSSR count). The lowest BCUT2D eigenvalue weighted by atomic mass is 10.1. The largest absolute Gasteiger partial charge is 0.477 e. The molecular formula is C20H27N5O2. The van der Waals surface area contributed by atoms with Crippen LogP contribution in [0.1, 0.15) is 19.3 Å². The van der Waals surface area contributed by atoms with E-state index in [0.717, 1.165) is 51.3 Å². The highest BCUT2D eigenvalue weighted by Crippen LogP contribution is 2.25. The van der Waals surface area contributed by atoms with Gasteiger partial charge < -0.3 is 25.4 Å². The van der Waals surface area contributed by atoms with Gasteiger partial charge in [0.2, 0.25) is 11.8 Å². The fraction of sp³-hybridized carbons (Fsp3) is 0.500. The summed E-state index contributed by atoms with van der Waals surface area (Å²) in [6.07, 6.45) is 4.97. The Kier molecular flexibility index (Phi) is 5.69. The fourth-order valence-corrected chi connectivity index (χ4v) is 3.66. The van der Waals surface area contributed by atoms with E-state index in [9.17, 15) is 0 Å². The van der Waals surface area contributed by atoms with E-state index in [2.05, 4.69) is 32.3 Å². The molecule has 0 bridgehead atoms. The first kappa shape index (κ1) is 18.0. The summed E-state index contributed by atoms with van der Waals surface area (Å²) in [6.45, 7) is 4.10. The summed E-state index contributed by atoms with van der Waals surface area (Å²) >= 11 is 0. The lowest BCUT2D eigenvalue weighted by Crippen LogP contribution is -2.36. The second-order valence-corrected chi connectivity index (χ2v) is 7.24. The molecule has 1 saturated heterocycles. The third kappa shape index (κ3) is 4.87. The lowest BCUT2D eigenvalue weighted by molar-refractivity contribution is 0.122. The van der Waals surface area contributed by atoms with Crippen molar-refractivity contribution >= 4 is 17.3 Å². The summed E-state index contributed by atoms with van der Waals surface area (Å²) < 4.78 is 11.3. The standard InChI is InChI=1S/C20H27N5O2/c21-16-2-1-15(13-16)14-27-19-7-8-22-20(24-19)23-17-3-5-18(6-4-17)25-9-11-26-12-10-25/h3-8,15-16H,1-2,9-14,21H2,(H,22,23,24)/t15-,16+/m1/s1. The van der Waals surface area contributed by atoms with Gasteiger partial charge in [0.25, 0.3) is 0 Å². The molecule has 1 aliphatic carbocycles. The minimum Gasteiger partial charge on any atom is -0.477 e. The van der Waals surface area contributed by atoms with E-state index in [1.54, 1.807) is 12.3 Å². The molecule has 1 aromatic heterocycles. The number of ether oxygens (including phenoxy) is 2. The molecule has 2 heterocycles. The SMILES string of the molecule is N[C@H]1CC[C@@H](COc2ccnc(Nc3ccc(N4CCOCC4)cc3)n2)C1. The van der Waals surface area contributed by atoms with Gasteiger partial charge in [-0.25, -0.2) is 4.98 Å². The molecule has 1 aliphatic heterocycles. The first-order valence-corrected chi connectivity index (χ1v) is 9.67. The Hall–Kier alpha value is -2.38. The van der Waals surface area contributed by atoms with Gasteiger partial charge in [0, 0.05) is 42.8 Å². The van der Waals surface area contributed by atoms with Crippen LogP contribution < -0.4 is 20.7 Å². The number of morpholine rings is 1. The number of benzene rings is 1. The van der Waals surface area contributed by atoms with E-state index in [1.807, 2.05) is 12.1 Å². The summed E-state index contributed by atoms with van der Waals surface area (Å²) in [5.74, 6) is 1.66. The zero-order valence-corrected chi connectivity index (χ0v) is 15.5. The normalized spacial score (nSPS) is 22.6. The Balaban J connectivity index is 1.33. The second-order valence-electron chi connectivity index (χ2n) is 7.24. The van der Waals surface area contributed by atoms with Crippen LogP contribution in [0.5, 0.6) is 5.88 Å². The Labute approximate surface area is 159 Å². The zero-order chi connectivity index (χ0) is 18.5. The molecule has 144 valence electrons. The molecule has 7 heteroatoms. The number of rotatable bonds is 6. The van der Waals surface area contributed by atoms with E-state index in [4.69, 9.17) is 15.2 Å². The summed E-state index contributed by atoms with van der Waals surface area (Å²) in [4.78, 5) is 11.1. The van der Waals surface area contributed by atoms with Crippen molar-refractivity contribution in [2.45, 2.75) is 25.3 Å². The van der Waals surface area contributed by atoms with Crippen molar-refractivity contribution in [2.75, 3.05) is 43.1 Å². The molecule has 0 unspecified atom stereocenters. The van der Waals surface area contributed by atoms with Crippen molar-refractivity contribution in [3.63, 3.8) is 0 Å². The van der Waals surface area contributed by atoms with Crippen LogP contribution >= 0.6 is 0 Å². The monoisotopic (exact) mass is 369 g/mol. The van der Waals surface area contributed by atoms with Crippen LogP contribution in [-0.2, 0) is 4.74 Å². The Morgan fingerprint density at radius 1 is 1.15 bits per heavy atom. The molecule has 1 saturated carbocycles. The number of nitrogens with zero attached hydrogens (tertiary/aromatic N) is 3. The minimum atomic E-state index is 0.321. The van der Waals surface area contributed by atoms with Crippen molar-refractivity contribution in [3.8, 4) is 5.88 Å². The molecule has 0 radical (unpaired) electrons. The van der Waals surface area contributed by atoms with Gasteiger partial charge in [-0.1, -0.05) is 0 Å². The highest BCUT2D eigenvalue weighted by molar-refractivity contribution is 5.59. The Bertz CT molecular complexity index is 733. The average Bonchev–Trinajstić information content (AvgIpc) is 3.13. The third-order valence-electron chi connectivity index (χ3n) is 5.18. The van der Waals surface area contributed by atoms with Gasteiger partial charge in [-0.15, -0.1) is 0 Å². The molecular weight excluding hydrogens is 342 g/mol. The number of nitrogens with two attached hydrogens (primary N) is 1. The van der Waals surface area contributed by atoms with Crippen molar-refractivity contribution in [1.82, 2.24) is 9.97 Å². The molecule has 1 aromatic carbocycles. The summed E-state index contributed by atoms with van der Waals surface area (Å²) in [6, 6.07) is 10.4. The Morgan fingerprint density at radius 2 is 1.96 bits per heavy atom. The van der Waals surface area contributed by atoms with Crippen LogP contribution in [0.4, 0.5) is 17.3 Å². The predicted molar refractivity (Wildman–Crippen MR) is 106 cm³/mol. The molecule has 0 amide bonds. The Morgan fingerprint density at radius 3 is 2.70 bits per heavy atom. The maximum Gasteiger partial charge on any atom is 0.230 e. The van der Waals surface area contributed by atoms with Gasteiger partial charge in [-0.3, -0.25) is 0 Å². The number of aromatic nitrogens is 2. The molecule has 2 aromatic rings. The van der Waals surface area contributed by atoms with Crippen LogP contribution in [0.2, 0.25) is 0 Å². The van der Waals surface area contributed by atoms with Gasteiger partial charge in [-0.2, -0.15) is 4.98 Å². The van der Waals surface area contributed by atoms with E-state index in [0.29, 0.717) is 30.4 Å². The van der Waals surface area contributed by atoms with Gasteiger partial charge in [0.1, 0.15) is 0 Å². The van der Waals surface area contributed by atoms with Gasteiger partial charge in [-0.05, 0) is 49.4 Å². The fourth-order valence-electron chi connectivity index (χ4n) is 3.66. The van der Waals surface area contributed by atoms with Crippen molar-refractivity contribution in [1.29, 1.82) is 0 Å². The van der Waals surface area contributed by atoms with Crippen molar-refractivity contribution < 1.29 is 9.47 Å². The maximum atomic E-state index is 5.96. The summed E-state index contributed by atoms with van der Waals surface area (Å²) in [5.41, 5.74) is 8.12. The number of nitrogens with one attached hydrogen (secondary N) is 1. The van der Waals surface area contributed by atoms with Crippen molar-refractivity contribution in [3.05, 3.63) is 36.5 Å². The van der Waals surface area contributed by atoms with Gasteiger partial charge >= 0.3 is 0 Å². The van der Waals surface area contributed by atoms with Crippen LogP contribution in [0.25, 0.3) is 0 Å². The predicted octanol–water partition coefficient (Wildman–Crippen LogP) is 2.56. The van der Waals surface area contributed by atoms with Crippen molar-refractivity contribution in [2.24, 2.45) is 11.7 Å². The lowest BCUT2D eigenvalue weighted by Gasteiger charge is -2.28. The zero-order valence-electron chi connectivity index (χ0n) is 15.5. The number of hydrogen-bond donors (Lipinski definition) is 2. The first-order valence-electron chi connectivity index (χ1n) is 9.67. The molecule has 2 atom stereocenters. The van der Waals surface area contributed by atoms with E-state index >= 15 is 0 Å². The molecule has 2 aliphatic rings.